The molecule has 11 heavy (non-hydrogen) atoms. The van der Waals surface area contributed by atoms with Crippen molar-refractivity contribution in [2.24, 2.45) is 15.9 Å². The molecule has 0 bridgehead atoms. The summed E-state index contributed by atoms with van der Waals surface area (Å²) >= 11 is 0. The van der Waals surface area contributed by atoms with Crippen LogP contribution in [0.5, 0.6) is 0 Å². The minimum atomic E-state index is -0.746. The van der Waals surface area contributed by atoms with Gasteiger partial charge in [0.1, 0.15) is 7.11 Å². The van der Waals surface area contributed by atoms with Crippen molar-refractivity contribution in [2.75, 3.05) is 7.11 Å². The highest BCUT2D eigenvalue weighted by Crippen LogP contribution is 1.95. The summed E-state index contributed by atoms with van der Waals surface area (Å²) in [6.07, 6.45) is 0. The zero-order valence-corrected chi connectivity index (χ0v) is 6.20. The van der Waals surface area contributed by atoms with Crippen LogP contribution in [0.15, 0.2) is 22.4 Å². The van der Waals surface area contributed by atoms with Gasteiger partial charge in [0, 0.05) is 0 Å². The van der Waals surface area contributed by atoms with Gasteiger partial charge in [-0.3, -0.25) is 9.79 Å². The molecular formula is C6H9N3O2. The summed E-state index contributed by atoms with van der Waals surface area (Å²) in [6, 6.07) is 0. The Bertz CT molecular complexity index is 220. The monoisotopic (exact) mass is 155 g/mol. The molecule has 0 radical (unpaired) electrons. The molecule has 1 amide bonds. The first-order valence-corrected chi connectivity index (χ1v) is 2.70. The maximum absolute atomic E-state index is 10.6. The second kappa shape index (κ2) is 4.21. The summed E-state index contributed by atoms with van der Waals surface area (Å²) in [4.78, 5) is 18.3. The van der Waals surface area contributed by atoms with Gasteiger partial charge in [-0.2, -0.15) is 0 Å². The smallest absolute Gasteiger partial charge is 0.272 e. The molecule has 0 unspecified atom stereocenters. The molecule has 0 aliphatic carbocycles. The molecule has 0 aliphatic rings. The van der Waals surface area contributed by atoms with E-state index < -0.39 is 5.91 Å². The number of carbonyl (C=O) groups is 1. The quantitative estimate of drug-likeness (QED) is 0.446. The Kier molecular flexibility index (Phi) is 3.58. The van der Waals surface area contributed by atoms with E-state index in [1.165, 1.54) is 7.11 Å². The predicted molar refractivity (Wildman–Crippen MR) is 42.3 cm³/mol. The molecule has 0 rings (SSSR count). The molecule has 0 aromatic rings. The average Bonchev–Trinajstić information content (AvgIpc) is 1.98. The lowest BCUT2D eigenvalue weighted by atomic mass is 10.3. The van der Waals surface area contributed by atoms with Gasteiger partial charge in [-0.25, -0.2) is 0 Å². The number of nitrogens with zero attached hydrogens (tertiary/aromatic N) is 2. The number of hydrogen-bond donors (Lipinski definition) is 1. The standard InChI is InChI=1S/C6H9N3O2/c1-4(8-2)5(6(7)10)9-11-3/h1-2H2,3H3,(H2,7,10)/b9-5-. The third-order valence-electron chi connectivity index (χ3n) is 0.880. The molecule has 0 spiro atoms. The van der Waals surface area contributed by atoms with Crippen molar-refractivity contribution in [1.82, 2.24) is 0 Å². The van der Waals surface area contributed by atoms with Gasteiger partial charge in [0.15, 0.2) is 5.71 Å². The Hall–Kier alpha value is -1.65. The van der Waals surface area contributed by atoms with Gasteiger partial charge < -0.3 is 10.6 Å². The minimum absolute atomic E-state index is 0.0966. The van der Waals surface area contributed by atoms with Crippen LogP contribution in [0.3, 0.4) is 0 Å². The highest BCUT2D eigenvalue weighted by atomic mass is 16.6. The van der Waals surface area contributed by atoms with Crippen molar-refractivity contribution in [3.8, 4) is 0 Å². The Morgan fingerprint density at radius 3 is 2.45 bits per heavy atom. The number of rotatable bonds is 4. The fourth-order valence-corrected chi connectivity index (χ4v) is 0.406. The molecule has 0 aromatic carbocycles. The Labute approximate surface area is 64.2 Å². The molecule has 60 valence electrons. The molecule has 0 saturated heterocycles. The maximum atomic E-state index is 10.6. The van der Waals surface area contributed by atoms with E-state index in [-0.39, 0.29) is 11.4 Å². The average molecular weight is 155 g/mol. The van der Waals surface area contributed by atoms with E-state index in [0.29, 0.717) is 0 Å². The van der Waals surface area contributed by atoms with Gasteiger partial charge in [-0.15, -0.1) is 0 Å². The lowest BCUT2D eigenvalue weighted by Crippen LogP contribution is -2.24. The van der Waals surface area contributed by atoms with Gasteiger partial charge in [-0.1, -0.05) is 11.7 Å². The summed E-state index contributed by atoms with van der Waals surface area (Å²) in [5.74, 6) is -0.746. The SMILES string of the molecule is C=NC(=C)/C(=N/OC)C(N)=O. The molecule has 0 aliphatic heterocycles. The predicted octanol–water partition coefficient (Wildman–Crippen LogP) is -0.312. The topological polar surface area (TPSA) is 77.0 Å². The highest BCUT2D eigenvalue weighted by molar-refractivity contribution is 6.44. The second-order valence-corrected chi connectivity index (χ2v) is 1.59. The fraction of sp³-hybridized carbons (Fsp3) is 0.167. The maximum Gasteiger partial charge on any atom is 0.272 e. The summed E-state index contributed by atoms with van der Waals surface area (Å²) in [7, 11) is 1.29. The van der Waals surface area contributed by atoms with Crippen molar-refractivity contribution < 1.29 is 9.63 Å². The number of oxime groups is 1. The summed E-state index contributed by atoms with van der Waals surface area (Å²) in [5, 5.41) is 3.30. The number of carbonyl (C=O) groups excluding carboxylic acids is 1. The van der Waals surface area contributed by atoms with Crippen molar-refractivity contribution in [2.45, 2.75) is 0 Å². The molecule has 0 atom stereocenters. The van der Waals surface area contributed by atoms with Crippen molar-refractivity contribution in [3.63, 3.8) is 0 Å². The van der Waals surface area contributed by atoms with Crippen LogP contribution in [0.25, 0.3) is 0 Å². The van der Waals surface area contributed by atoms with Crippen LogP contribution in [0.2, 0.25) is 0 Å². The zero-order valence-electron chi connectivity index (χ0n) is 6.20. The fourth-order valence-electron chi connectivity index (χ4n) is 0.406. The first kappa shape index (κ1) is 9.35. The van der Waals surface area contributed by atoms with Gasteiger partial charge >= 0.3 is 0 Å². The lowest BCUT2D eigenvalue weighted by Gasteiger charge is -1.97. The third kappa shape index (κ3) is 2.61. The van der Waals surface area contributed by atoms with E-state index >= 15 is 0 Å². The van der Waals surface area contributed by atoms with Crippen LogP contribution >= 0.6 is 0 Å². The summed E-state index contributed by atoms with van der Waals surface area (Å²) in [5.41, 5.74) is 4.87. The lowest BCUT2D eigenvalue weighted by molar-refractivity contribution is -0.112. The van der Waals surface area contributed by atoms with Crippen molar-refractivity contribution in [3.05, 3.63) is 12.3 Å². The number of primary amides is 1. The van der Waals surface area contributed by atoms with Crippen LogP contribution < -0.4 is 5.73 Å². The van der Waals surface area contributed by atoms with Gasteiger partial charge in [-0.05, 0) is 6.72 Å². The first-order valence-electron chi connectivity index (χ1n) is 2.70. The Morgan fingerprint density at radius 1 is 1.64 bits per heavy atom. The number of nitrogens with two attached hydrogens (primary N) is 1. The molecular weight excluding hydrogens is 146 g/mol. The van der Waals surface area contributed by atoms with Gasteiger partial charge in [0.2, 0.25) is 0 Å². The normalized spacial score (nSPS) is 10.5. The molecule has 0 saturated carbocycles. The minimum Gasteiger partial charge on any atom is -0.398 e. The van der Waals surface area contributed by atoms with E-state index in [1.807, 2.05) is 0 Å². The largest absolute Gasteiger partial charge is 0.398 e. The van der Waals surface area contributed by atoms with E-state index in [4.69, 9.17) is 5.73 Å². The van der Waals surface area contributed by atoms with E-state index in [2.05, 4.69) is 28.3 Å². The van der Waals surface area contributed by atoms with Crippen LogP contribution in [0.4, 0.5) is 0 Å². The molecule has 2 N–H and O–H groups in total. The second-order valence-electron chi connectivity index (χ2n) is 1.59. The molecule has 5 heteroatoms. The van der Waals surface area contributed by atoms with Gasteiger partial charge in [0.25, 0.3) is 5.91 Å². The van der Waals surface area contributed by atoms with E-state index in [0.717, 1.165) is 0 Å². The summed E-state index contributed by atoms with van der Waals surface area (Å²) < 4.78 is 0. The van der Waals surface area contributed by atoms with Crippen LogP contribution in [0.1, 0.15) is 0 Å². The highest BCUT2D eigenvalue weighted by Gasteiger charge is 2.10. The van der Waals surface area contributed by atoms with Crippen molar-refractivity contribution in [1.29, 1.82) is 0 Å². The van der Waals surface area contributed by atoms with Crippen LogP contribution in [0, 0.1) is 0 Å². The molecule has 5 nitrogen and oxygen atoms in total. The van der Waals surface area contributed by atoms with Crippen LogP contribution in [-0.2, 0) is 9.63 Å². The number of hydrogen-bond acceptors (Lipinski definition) is 4. The number of aliphatic imine (C=N–C) groups is 1. The van der Waals surface area contributed by atoms with Crippen molar-refractivity contribution >= 4 is 18.3 Å². The molecule has 0 aromatic heterocycles. The van der Waals surface area contributed by atoms with E-state index in [1.54, 1.807) is 0 Å². The van der Waals surface area contributed by atoms with Crippen LogP contribution in [-0.4, -0.2) is 25.4 Å². The Balaban J connectivity index is 4.61. The summed E-state index contributed by atoms with van der Waals surface area (Å²) in [6.45, 7) is 6.53. The number of amides is 1. The third-order valence-corrected chi connectivity index (χ3v) is 0.880. The zero-order chi connectivity index (χ0) is 8.85. The van der Waals surface area contributed by atoms with Gasteiger partial charge in [0.05, 0.1) is 5.70 Å². The van der Waals surface area contributed by atoms with E-state index in [9.17, 15) is 4.79 Å². The Morgan fingerprint density at radius 2 is 2.18 bits per heavy atom. The molecule has 0 heterocycles. The molecule has 0 fully saturated rings. The first-order chi connectivity index (χ1) is 5.13.